The summed E-state index contributed by atoms with van der Waals surface area (Å²) in [6.07, 6.45) is 52.8. The van der Waals surface area contributed by atoms with Gasteiger partial charge in [-0.2, -0.15) is 0 Å². The van der Waals surface area contributed by atoms with E-state index in [0.717, 1.165) is 70.6 Å². The molecular weight excluding hydrogens is 791 g/mol. The first kappa shape index (κ1) is 60.0. The SMILES string of the molecule is CC/C=C\C/C=C\C/C=C\C/C=C\C/C=C\CCCCCC(=O)OC(COC(=O)CCCCCCCCCCCCCCCCCCCCC)COC(OCC[N+](C)(C)C)C(=O)O. The van der Waals surface area contributed by atoms with Crippen molar-refractivity contribution in [2.45, 2.75) is 219 Å². The molecule has 0 fully saturated rings. The molecule has 9 heteroatoms. The Bertz CT molecular complexity index is 1220. The highest BCUT2D eigenvalue weighted by Crippen LogP contribution is 2.16. The van der Waals surface area contributed by atoms with Crippen LogP contribution in [0.1, 0.15) is 206 Å². The van der Waals surface area contributed by atoms with E-state index < -0.39 is 24.3 Å². The maximum atomic E-state index is 12.8. The van der Waals surface area contributed by atoms with Crippen LogP contribution in [0.2, 0.25) is 0 Å². The smallest absolute Gasteiger partial charge is 0.361 e. The van der Waals surface area contributed by atoms with Gasteiger partial charge in [0.2, 0.25) is 0 Å². The number of unbranched alkanes of at least 4 members (excludes halogenated alkanes) is 21. The Morgan fingerprint density at radius 1 is 0.492 bits per heavy atom. The fourth-order valence-corrected chi connectivity index (χ4v) is 6.86. The minimum atomic E-state index is -1.52. The lowest BCUT2D eigenvalue weighted by atomic mass is 10.0. The monoisotopic (exact) mass is 887 g/mol. The van der Waals surface area contributed by atoms with Crippen molar-refractivity contribution in [2.75, 3.05) is 47.5 Å². The van der Waals surface area contributed by atoms with Gasteiger partial charge in [-0.05, 0) is 57.8 Å². The fourth-order valence-electron chi connectivity index (χ4n) is 6.86. The number of carbonyl (C=O) groups excluding carboxylic acids is 2. The lowest BCUT2D eigenvalue weighted by Crippen LogP contribution is -2.40. The highest BCUT2D eigenvalue weighted by molar-refractivity contribution is 5.71. The summed E-state index contributed by atoms with van der Waals surface area (Å²) in [6, 6.07) is 0. The van der Waals surface area contributed by atoms with Gasteiger partial charge in [-0.1, -0.05) is 197 Å². The van der Waals surface area contributed by atoms with E-state index in [1.54, 1.807) is 0 Å². The number of carbonyl (C=O) groups is 3. The minimum Gasteiger partial charge on any atom is -0.477 e. The van der Waals surface area contributed by atoms with Gasteiger partial charge in [-0.25, -0.2) is 4.79 Å². The van der Waals surface area contributed by atoms with Crippen molar-refractivity contribution in [3.63, 3.8) is 0 Å². The Hall–Kier alpha value is -3.01. The van der Waals surface area contributed by atoms with Crippen molar-refractivity contribution < 1.29 is 42.9 Å². The van der Waals surface area contributed by atoms with Gasteiger partial charge in [0.05, 0.1) is 34.4 Å². The molecule has 0 aliphatic heterocycles. The molecule has 0 amide bonds. The molecule has 63 heavy (non-hydrogen) atoms. The van der Waals surface area contributed by atoms with E-state index in [9.17, 15) is 19.5 Å². The number of carboxylic acid groups (broad SMARTS) is 1. The molecule has 0 aromatic rings. The van der Waals surface area contributed by atoms with Crippen LogP contribution in [0.4, 0.5) is 0 Å². The van der Waals surface area contributed by atoms with Crippen LogP contribution in [-0.2, 0) is 33.3 Å². The van der Waals surface area contributed by atoms with Gasteiger partial charge in [-0.15, -0.1) is 0 Å². The van der Waals surface area contributed by atoms with Crippen molar-refractivity contribution >= 4 is 17.9 Å². The molecule has 0 radical (unpaired) electrons. The van der Waals surface area contributed by atoms with Crippen LogP contribution in [0.25, 0.3) is 0 Å². The van der Waals surface area contributed by atoms with E-state index in [4.69, 9.17) is 18.9 Å². The Balaban J connectivity index is 4.40. The topological polar surface area (TPSA) is 108 Å². The molecule has 0 aliphatic carbocycles. The minimum absolute atomic E-state index is 0.180. The molecule has 0 spiro atoms. The Labute approximate surface area is 386 Å². The molecule has 1 N–H and O–H groups in total. The van der Waals surface area contributed by atoms with E-state index in [-0.39, 0.29) is 32.2 Å². The van der Waals surface area contributed by atoms with Crippen LogP contribution in [0.15, 0.2) is 60.8 Å². The van der Waals surface area contributed by atoms with Crippen LogP contribution in [0, 0.1) is 0 Å². The van der Waals surface area contributed by atoms with Crippen molar-refractivity contribution in [3.05, 3.63) is 60.8 Å². The van der Waals surface area contributed by atoms with E-state index in [0.29, 0.717) is 23.9 Å². The number of likely N-dealkylation sites (N-methyl/N-ethyl adjacent to an activating group) is 1. The fraction of sp³-hybridized carbons (Fsp3) is 0.759. The van der Waals surface area contributed by atoms with Crippen LogP contribution in [0.3, 0.4) is 0 Å². The first-order valence-electron chi connectivity index (χ1n) is 25.5. The summed E-state index contributed by atoms with van der Waals surface area (Å²) in [6.45, 7) is 4.73. The van der Waals surface area contributed by atoms with Crippen molar-refractivity contribution in [1.82, 2.24) is 0 Å². The van der Waals surface area contributed by atoms with Gasteiger partial charge in [0.1, 0.15) is 13.2 Å². The number of allylic oxidation sites excluding steroid dienone is 10. The molecule has 0 saturated heterocycles. The first-order chi connectivity index (χ1) is 30.6. The molecule has 0 aliphatic rings. The molecule has 0 aromatic heterocycles. The van der Waals surface area contributed by atoms with Crippen molar-refractivity contribution in [1.29, 1.82) is 0 Å². The quantitative estimate of drug-likeness (QED) is 0.0212. The third-order valence-corrected chi connectivity index (χ3v) is 10.8. The first-order valence-corrected chi connectivity index (χ1v) is 25.5. The maximum absolute atomic E-state index is 12.8. The number of quaternary nitrogens is 1. The molecule has 2 unspecified atom stereocenters. The molecule has 0 heterocycles. The van der Waals surface area contributed by atoms with Crippen LogP contribution >= 0.6 is 0 Å². The zero-order chi connectivity index (χ0) is 46.3. The van der Waals surface area contributed by atoms with Gasteiger partial charge in [0, 0.05) is 12.8 Å². The molecule has 0 rings (SSSR count). The predicted octanol–water partition coefficient (Wildman–Crippen LogP) is 14.1. The van der Waals surface area contributed by atoms with Gasteiger partial charge < -0.3 is 28.5 Å². The third kappa shape index (κ3) is 46.8. The van der Waals surface area contributed by atoms with E-state index in [1.165, 1.54) is 103 Å². The van der Waals surface area contributed by atoms with E-state index in [1.807, 2.05) is 21.1 Å². The summed E-state index contributed by atoms with van der Waals surface area (Å²) < 4.78 is 22.8. The molecule has 364 valence electrons. The third-order valence-electron chi connectivity index (χ3n) is 10.8. The highest BCUT2D eigenvalue weighted by atomic mass is 16.7. The van der Waals surface area contributed by atoms with E-state index >= 15 is 0 Å². The molecule has 0 saturated carbocycles. The lowest BCUT2D eigenvalue weighted by Gasteiger charge is -2.25. The van der Waals surface area contributed by atoms with Gasteiger partial charge >= 0.3 is 17.9 Å². The zero-order valence-corrected chi connectivity index (χ0v) is 41.2. The van der Waals surface area contributed by atoms with Crippen molar-refractivity contribution in [2.24, 2.45) is 0 Å². The molecular formula is C54H96NO8+. The maximum Gasteiger partial charge on any atom is 0.361 e. The normalized spacial score (nSPS) is 13.3. The van der Waals surface area contributed by atoms with Crippen molar-refractivity contribution in [3.8, 4) is 0 Å². The van der Waals surface area contributed by atoms with E-state index in [2.05, 4.69) is 74.6 Å². The second kappa shape index (κ2) is 45.6. The number of ether oxygens (including phenoxy) is 4. The zero-order valence-electron chi connectivity index (χ0n) is 41.2. The summed E-state index contributed by atoms with van der Waals surface area (Å²) in [5.41, 5.74) is 0. The largest absolute Gasteiger partial charge is 0.477 e. The number of nitrogens with zero attached hydrogens (tertiary/aromatic N) is 1. The average molecular weight is 887 g/mol. The van der Waals surface area contributed by atoms with Crippen LogP contribution in [-0.4, -0.2) is 87.4 Å². The highest BCUT2D eigenvalue weighted by Gasteiger charge is 2.25. The van der Waals surface area contributed by atoms with Gasteiger partial charge in [0.15, 0.2) is 6.10 Å². The summed E-state index contributed by atoms with van der Waals surface area (Å²) in [4.78, 5) is 37.3. The summed E-state index contributed by atoms with van der Waals surface area (Å²) in [5, 5.41) is 9.67. The Morgan fingerprint density at radius 3 is 1.35 bits per heavy atom. The molecule has 0 bridgehead atoms. The summed E-state index contributed by atoms with van der Waals surface area (Å²) in [5.74, 6) is -2.05. The number of hydrogen-bond acceptors (Lipinski definition) is 7. The molecule has 0 aromatic carbocycles. The predicted molar refractivity (Wildman–Crippen MR) is 263 cm³/mol. The molecule has 9 nitrogen and oxygen atoms in total. The average Bonchev–Trinajstić information content (AvgIpc) is 3.24. The molecule has 2 atom stereocenters. The summed E-state index contributed by atoms with van der Waals surface area (Å²) >= 11 is 0. The number of aliphatic carboxylic acids is 1. The van der Waals surface area contributed by atoms with Crippen LogP contribution < -0.4 is 0 Å². The Kier molecular flexibility index (Phi) is 43.4. The number of esters is 2. The van der Waals surface area contributed by atoms with Gasteiger partial charge in [-0.3, -0.25) is 9.59 Å². The standard InChI is InChI=1S/C54H95NO8/c1-6-8-10-12-14-16-18-20-22-24-26-28-30-32-34-36-38-40-42-44-51(56)61-48-50(49-62-54(53(58)59)60-47-46-55(3,4)5)63-52(57)45-43-41-39-37-35-33-31-29-27-25-23-21-19-17-15-13-11-9-7-2/h9,11,15,17,21,23,27,29,33,35,50,54H,6-8,10,12-14,16,18-20,22,24-26,28,30-32,34,36-49H2,1-5H3/p+1/b11-9-,17-15-,23-21-,29-27-,35-33-. The van der Waals surface area contributed by atoms with Gasteiger partial charge in [0.25, 0.3) is 6.29 Å². The second-order valence-corrected chi connectivity index (χ2v) is 18.1. The number of carboxylic acids is 1. The number of hydrogen-bond donors (Lipinski definition) is 1. The van der Waals surface area contributed by atoms with Crippen LogP contribution in [0.5, 0.6) is 0 Å². The Morgan fingerprint density at radius 2 is 0.905 bits per heavy atom. The summed E-state index contributed by atoms with van der Waals surface area (Å²) in [7, 11) is 5.95. The lowest BCUT2D eigenvalue weighted by molar-refractivity contribution is -0.870. The second-order valence-electron chi connectivity index (χ2n) is 18.1. The number of rotatable bonds is 46.